The highest BCUT2D eigenvalue weighted by atomic mass is 16.5. The summed E-state index contributed by atoms with van der Waals surface area (Å²) >= 11 is 0. The molecular formula is C22H26N2O2. The van der Waals surface area contributed by atoms with Crippen LogP contribution in [0.4, 0.5) is 0 Å². The quantitative estimate of drug-likeness (QED) is 0.714. The molecule has 1 N–H and O–H groups in total. The summed E-state index contributed by atoms with van der Waals surface area (Å²) in [5, 5.41) is 1.38. The van der Waals surface area contributed by atoms with E-state index in [1.165, 1.54) is 29.3 Å². The van der Waals surface area contributed by atoms with Gasteiger partial charge in [-0.3, -0.25) is 4.90 Å². The summed E-state index contributed by atoms with van der Waals surface area (Å²) < 4.78 is 11.0. The lowest BCUT2D eigenvalue weighted by Gasteiger charge is -2.31. The van der Waals surface area contributed by atoms with Gasteiger partial charge in [-0.05, 0) is 67.7 Å². The Balaban J connectivity index is 1.26. The monoisotopic (exact) mass is 350 g/mol. The molecule has 0 spiro atoms. The second kappa shape index (κ2) is 7.83. The van der Waals surface area contributed by atoms with E-state index in [1.54, 1.807) is 7.11 Å². The number of aromatic amines is 1. The van der Waals surface area contributed by atoms with Crippen molar-refractivity contribution in [2.75, 3.05) is 33.4 Å². The maximum absolute atomic E-state index is 5.86. The number of H-pyrrole nitrogens is 1. The molecule has 2 aromatic carbocycles. The molecule has 0 aliphatic carbocycles. The van der Waals surface area contributed by atoms with Gasteiger partial charge in [0.15, 0.2) is 0 Å². The summed E-state index contributed by atoms with van der Waals surface area (Å²) in [5.74, 6) is 2.42. The van der Waals surface area contributed by atoms with Crippen molar-refractivity contribution in [3.8, 4) is 11.5 Å². The van der Waals surface area contributed by atoms with E-state index < -0.39 is 0 Å². The summed E-state index contributed by atoms with van der Waals surface area (Å²) in [6.45, 7) is 3.98. The Morgan fingerprint density at radius 1 is 1.00 bits per heavy atom. The highest BCUT2D eigenvalue weighted by molar-refractivity contribution is 5.83. The molecule has 0 bridgehead atoms. The first kappa shape index (κ1) is 17.0. The molecule has 3 aromatic rings. The number of hydrogen-bond acceptors (Lipinski definition) is 3. The summed E-state index contributed by atoms with van der Waals surface area (Å²) in [4.78, 5) is 5.92. The van der Waals surface area contributed by atoms with Crippen molar-refractivity contribution in [1.29, 1.82) is 0 Å². The maximum atomic E-state index is 5.86. The molecule has 136 valence electrons. The number of piperidine rings is 1. The molecular weight excluding hydrogens is 324 g/mol. The van der Waals surface area contributed by atoms with Crippen molar-refractivity contribution in [1.82, 2.24) is 9.88 Å². The summed E-state index contributed by atoms with van der Waals surface area (Å²) in [5.41, 5.74) is 2.73. The van der Waals surface area contributed by atoms with E-state index in [2.05, 4.69) is 40.3 Å². The zero-order valence-corrected chi connectivity index (χ0v) is 15.3. The average molecular weight is 350 g/mol. The van der Waals surface area contributed by atoms with Crippen LogP contribution in [0.25, 0.3) is 10.9 Å². The van der Waals surface area contributed by atoms with Crippen LogP contribution in [-0.4, -0.2) is 43.2 Å². The Bertz CT molecular complexity index is 833. The number of likely N-dealkylation sites (tertiary alicyclic amines) is 1. The Morgan fingerprint density at radius 2 is 1.73 bits per heavy atom. The van der Waals surface area contributed by atoms with Gasteiger partial charge in [-0.25, -0.2) is 0 Å². The minimum atomic E-state index is 0.657. The van der Waals surface area contributed by atoms with E-state index in [4.69, 9.17) is 9.47 Å². The normalized spacial score (nSPS) is 16.0. The van der Waals surface area contributed by atoms with E-state index in [0.717, 1.165) is 37.7 Å². The Labute approximate surface area is 154 Å². The van der Waals surface area contributed by atoms with Gasteiger partial charge >= 0.3 is 0 Å². The molecule has 0 radical (unpaired) electrons. The topological polar surface area (TPSA) is 37.5 Å². The van der Waals surface area contributed by atoms with Crippen molar-refractivity contribution in [2.24, 2.45) is 0 Å². The van der Waals surface area contributed by atoms with Crippen LogP contribution in [0.1, 0.15) is 24.3 Å². The van der Waals surface area contributed by atoms with Crippen molar-refractivity contribution in [3.05, 3.63) is 60.3 Å². The van der Waals surface area contributed by atoms with Gasteiger partial charge in [0.1, 0.15) is 18.1 Å². The molecule has 0 atom stereocenters. The molecule has 2 heterocycles. The molecule has 1 saturated heterocycles. The second-order valence-electron chi connectivity index (χ2n) is 6.93. The minimum absolute atomic E-state index is 0.657. The zero-order chi connectivity index (χ0) is 17.8. The molecule has 4 rings (SSSR count). The molecule has 1 aromatic heterocycles. The number of hydrogen-bond donors (Lipinski definition) is 1. The summed E-state index contributed by atoms with van der Waals surface area (Å²) in [6, 6.07) is 16.4. The number of methoxy groups -OCH3 is 1. The highest BCUT2D eigenvalue weighted by Gasteiger charge is 2.22. The third-order valence-corrected chi connectivity index (χ3v) is 5.38. The van der Waals surface area contributed by atoms with Crippen molar-refractivity contribution in [3.63, 3.8) is 0 Å². The van der Waals surface area contributed by atoms with Gasteiger partial charge in [0, 0.05) is 23.6 Å². The van der Waals surface area contributed by atoms with Gasteiger partial charge in [0.05, 0.1) is 7.11 Å². The van der Waals surface area contributed by atoms with Crippen LogP contribution in [0.3, 0.4) is 0 Å². The largest absolute Gasteiger partial charge is 0.497 e. The maximum Gasteiger partial charge on any atom is 0.119 e. The number of ether oxygens (including phenoxy) is 2. The lowest BCUT2D eigenvalue weighted by atomic mass is 9.89. The summed E-state index contributed by atoms with van der Waals surface area (Å²) in [6.07, 6.45) is 4.63. The van der Waals surface area contributed by atoms with Gasteiger partial charge < -0.3 is 14.5 Å². The Kier molecular flexibility index (Phi) is 5.12. The first-order chi connectivity index (χ1) is 12.8. The fourth-order valence-electron chi connectivity index (χ4n) is 3.86. The van der Waals surface area contributed by atoms with Gasteiger partial charge in [-0.1, -0.05) is 18.2 Å². The first-order valence-electron chi connectivity index (χ1n) is 9.39. The number of benzene rings is 2. The van der Waals surface area contributed by atoms with Crippen molar-refractivity contribution < 1.29 is 9.47 Å². The van der Waals surface area contributed by atoms with E-state index in [9.17, 15) is 0 Å². The number of aromatic nitrogens is 1. The molecule has 0 unspecified atom stereocenters. The molecule has 26 heavy (non-hydrogen) atoms. The van der Waals surface area contributed by atoms with Gasteiger partial charge in [-0.15, -0.1) is 0 Å². The van der Waals surface area contributed by atoms with Crippen LogP contribution in [0.15, 0.2) is 54.7 Å². The minimum Gasteiger partial charge on any atom is -0.497 e. The predicted octanol–water partition coefficient (Wildman–Crippen LogP) is 4.43. The number of nitrogens with one attached hydrogen (secondary N) is 1. The van der Waals surface area contributed by atoms with Crippen LogP contribution >= 0.6 is 0 Å². The number of para-hydroxylation sites is 1. The lowest BCUT2D eigenvalue weighted by Crippen LogP contribution is -2.35. The molecule has 0 saturated carbocycles. The van der Waals surface area contributed by atoms with Gasteiger partial charge in [-0.2, -0.15) is 0 Å². The number of nitrogens with zero attached hydrogens (tertiary/aromatic N) is 1. The third kappa shape index (κ3) is 3.70. The van der Waals surface area contributed by atoms with Crippen LogP contribution in [0.5, 0.6) is 11.5 Å². The fourth-order valence-corrected chi connectivity index (χ4v) is 3.86. The Morgan fingerprint density at radius 3 is 2.50 bits per heavy atom. The molecule has 4 heteroatoms. The van der Waals surface area contributed by atoms with Gasteiger partial charge in [0.2, 0.25) is 0 Å². The molecule has 1 aliphatic heterocycles. The second-order valence-corrected chi connectivity index (χ2v) is 6.93. The van der Waals surface area contributed by atoms with E-state index in [1.807, 2.05) is 24.3 Å². The lowest BCUT2D eigenvalue weighted by molar-refractivity contribution is 0.173. The molecule has 0 amide bonds. The number of rotatable bonds is 6. The van der Waals surface area contributed by atoms with Crippen molar-refractivity contribution in [2.45, 2.75) is 18.8 Å². The van der Waals surface area contributed by atoms with Crippen LogP contribution < -0.4 is 9.47 Å². The predicted molar refractivity (Wildman–Crippen MR) is 105 cm³/mol. The summed E-state index contributed by atoms with van der Waals surface area (Å²) in [7, 11) is 1.68. The van der Waals surface area contributed by atoms with E-state index in [0.29, 0.717) is 5.92 Å². The third-order valence-electron chi connectivity index (χ3n) is 5.38. The standard InChI is InChI=1S/C22H26N2O2/c1-25-18-6-8-19(9-7-18)26-15-14-24-12-10-17(11-13-24)21-16-23-22-5-3-2-4-20(21)22/h2-9,16-17,23H,10-15H2,1H3. The molecule has 1 fully saturated rings. The molecule has 1 aliphatic rings. The average Bonchev–Trinajstić information content (AvgIpc) is 3.13. The first-order valence-corrected chi connectivity index (χ1v) is 9.39. The molecule has 4 nitrogen and oxygen atoms in total. The Hall–Kier alpha value is -2.46. The van der Waals surface area contributed by atoms with E-state index in [-0.39, 0.29) is 0 Å². The SMILES string of the molecule is COc1ccc(OCCN2CCC(c3c[nH]c4ccccc34)CC2)cc1. The van der Waals surface area contributed by atoms with Crippen molar-refractivity contribution >= 4 is 10.9 Å². The van der Waals surface area contributed by atoms with Crippen LogP contribution in [0.2, 0.25) is 0 Å². The van der Waals surface area contributed by atoms with Crippen LogP contribution in [-0.2, 0) is 0 Å². The van der Waals surface area contributed by atoms with Gasteiger partial charge in [0.25, 0.3) is 0 Å². The highest BCUT2D eigenvalue weighted by Crippen LogP contribution is 2.33. The zero-order valence-electron chi connectivity index (χ0n) is 15.3. The van der Waals surface area contributed by atoms with Crippen LogP contribution in [0, 0.1) is 0 Å². The fraction of sp³-hybridized carbons (Fsp3) is 0.364. The van der Waals surface area contributed by atoms with E-state index >= 15 is 0 Å². The smallest absolute Gasteiger partial charge is 0.119 e. The number of fused-ring (bicyclic) bond motifs is 1.